The number of para-hydroxylation sites is 2. The van der Waals surface area contributed by atoms with Crippen LogP contribution in [0.1, 0.15) is 0 Å². The van der Waals surface area contributed by atoms with Gasteiger partial charge < -0.3 is 4.57 Å². The average molecular weight is 896 g/mol. The highest BCUT2D eigenvalue weighted by Crippen LogP contribution is 2.42. The number of benzene rings is 11. The van der Waals surface area contributed by atoms with Crippen LogP contribution in [-0.2, 0) is 0 Å². The molecule has 0 aliphatic rings. The van der Waals surface area contributed by atoms with Crippen molar-refractivity contribution in [1.29, 1.82) is 0 Å². The van der Waals surface area contributed by atoms with Crippen molar-refractivity contribution in [1.82, 2.24) is 24.1 Å². The SMILES string of the molecule is c1ccc(-c2nc(-c3ccc4c(c3)sc3ccccc34)nc(-n3c4ccccc4c4cc5c(cc43)c3ccccc3n5-c3cccc(-c4ccc5c6ccccc6c6ccccc6c5c4)c3)n2)cc1. The molecular formula is C63H37N5S. The van der Waals surface area contributed by atoms with Gasteiger partial charge in [-0.15, -0.1) is 11.3 Å². The van der Waals surface area contributed by atoms with Crippen molar-refractivity contribution in [3.63, 3.8) is 0 Å². The number of nitrogens with zero attached hydrogens (tertiary/aromatic N) is 5. The summed E-state index contributed by atoms with van der Waals surface area (Å²) in [5, 5.41) is 14.8. The zero-order chi connectivity index (χ0) is 45.2. The molecule has 0 aliphatic carbocycles. The molecule has 0 aliphatic heterocycles. The van der Waals surface area contributed by atoms with Crippen molar-refractivity contribution in [2.45, 2.75) is 0 Å². The second-order valence-electron chi connectivity index (χ2n) is 18.0. The summed E-state index contributed by atoms with van der Waals surface area (Å²) in [4.78, 5) is 15.8. The fourth-order valence-electron chi connectivity index (χ4n) is 11.0. The number of hydrogen-bond acceptors (Lipinski definition) is 4. The zero-order valence-electron chi connectivity index (χ0n) is 37.0. The predicted molar refractivity (Wildman–Crippen MR) is 290 cm³/mol. The van der Waals surface area contributed by atoms with Gasteiger partial charge in [0.1, 0.15) is 0 Å². The Bertz CT molecular complexity index is 4580. The highest BCUT2D eigenvalue weighted by Gasteiger charge is 2.22. The Morgan fingerprint density at radius 3 is 1.46 bits per heavy atom. The Morgan fingerprint density at radius 1 is 0.261 bits per heavy atom. The predicted octanol–water partition coefficient (Wildman–Crippen LogP) is 16.9. The molecule has 69 heavy (non-hydrogen) atoms. The van der Waals surface area contributed by atoms with E-state index < -0.39 is 0 Å². The summed E-state index contributed by atoms with van der Waals surface area (Å²) >= 11 is 1.80. The molecule has 6 heteroatoms. The molecule has 4 heterocycles. The van der Waals surface area contributed by atoms with Crippen LogP contribution in [-0.4, -0.2) is 24.1 Å². The highest BCUT2D eigenvalue weighted by atomic mass is 32.1. The average Bonchev–Trinajstić information content (AvgIpc) is 4.07. The van der Waals surface area contributed by atoms with E-state index in [0.29, 0.717) is 17.6 Å². The normalized spacial score (nSPS) is 12.1. The first kappa shape index (κ1) is 38.2. The lowest BCUT2D eigenvalue weighted by Gasteiger charge is -2.13. The molecule has 11 aromatic carbocycles. The van der Waals surface area contributed by atoms with Crippen molar-refractivity contribution < 1.29 is 0 Å². The van der Waals surface area contributed by atoms with Gasteiger partial charge >= 0.3 is 0 Å². The van der Waals surface area contributed by atoms with Gasteiger partial charge in [0.15, 0.2) is 11.6 Å². The summed E-state index contributed by atoms with van der Waals surface area (Å²) < 4.78 is 7.14. The number of hydrogen-bond donors (Lipinski definition) is 0. The lowest BCUT2D eigenvalue weighted by molar-refractivity contribution is 0.954. The van der Waals surface area contributed by atoms with Gasteiger partial charge in [0, 0.05) is 58.5 Å². The van der Waals surface area contributed by atoms with Gasteiger partial charge in [-0.05, 0) is 98.0 Å². The summed E-state index contributed by atoms with van der Waals surface area (Å²) in [5.74, 6) is 1.84. The van der Waals surface area contributed by atoms with Gasteiger partial charge in [-0.1, -0.05) is 170 Å². The molecule has 15 aromatic rings. The highest BCUT2D eigenvalue weighted by molar-refractivity contribution is 7.25. The Hall–Kier alpha value is -8.97. The molecule has 5 nitrogen and oxygen atoms in total. The van der Waals surface area contributed by atoms with Gasteiger partial charge in [0.2, 0.25) is 5.95 Å². The van der Waals surface area contributed by atoms with Crippen LogP contribution in [0.15, 0.2) is 224 Å². The van der Waals surface area contributed by atoms with Crippen LogP contribution in [0.25, 0.3) is 142 Å². The first-order valence-corrected chi connectivity index (χ1v) is 24.2. The second kappa shape index (κ2) is 14.8. The van der Waals surface area contributed by atoms with E-state index in [2.05, 4.69) is 215 Å². The molecule has 0 bridgehead atoms. The van der Waals surface area contributed by atoms with E-state index in [0.717, 1.165) is 55.0 Å². The van der Waals surface area contributed by atoms with E-state index in [4.69, 9.17) is 15.0 Å². The van der Waals surface area contributed by atoms with E-state index in [1.807, 2.05) is 18.2 Å². The number of rotatable bonds is 5. The lowest BCUT2D eigenvalue weighted by Crippen LogP contribution is -2.06. The van der Waals surface area contributed by atoms with Gasteiger partial charge in [-0.2, -0.15) is 9.97 Å². The van der Waals surface area contributed by atoms with Crippen LogP contribution in [0, 0.1) is 0 Å². The molecule has 0 radical (unpaired) electrons. The van der Waals surface area contributed by atoms with E-state index in [1.165, 1.54) is 69.0 Å². The fraction of sp³-hybridized carbons (Fsp3) is 0. The van der Waals surface area contributed by atoms with E-state index in [9.17, 15) is 0 Å². The Labute approximate surface area is 399 Å². The summed E-state index contributed by atoms with van der Waals surface area (Å²) in [6, 6.07) is 81.1. The van der Waals surface area contributed by atoms with E-state index in [-0.39, 0.29) is 0 Å². The van der Waals surface area contributed by atoms with Crippen molar-refractivity contribution in [2.24, 2.45) is 0 Å². The third kappa shape index (κ3) is 5.79. The first-order valence-electron chi connectivity index (χ1n) is 23.3. The molecule has 0 atom stereocenters. The summed E-state index contributed by atoms with van der Waals surface area (Å²) in [6.07, 6.45) is 0. The van der Waals surface area contributed by atoms with Crippen LogP contribution in [0.3, 0.4) is 0 Å². The smallest absolute Gasteiger partial charge is 0.238 e. The number of thiophene rings is 1. The maximum Gasteiger partial charge on any atom is 0.238 e. The third-order valence-electron chi connectivity index (χ3n) is 14.1. The Morgan fingerprint density at radius 2 is 0.754 bits per heavy atom. The van der Waals surface area contributed by atoms with E-state index in [1.54, 1.807) is 11.3 Å². The van der Waals surface area contributed by atoms with Crippen molar-refractivity contribution >= 4 is 107 Å². The van der Waals surface area contributed by atoms with Gasteiger partial charge in [0.25, 0.3) is 0 Å². The Kier molecular flexibility index (Phi) is 8.17. The molecule has 0 amide bonds. The van der Waals surface area contributed by atoms with Crippen LogP contribution in [0.2, 0.25) is 0 Å². The molecule has 4 aromatic heterocycles. The number of aromatic nitrogens is 5. The molecule has 0 unspecified atom stereocenters. The molecule has 0 saturated carbocycles. The second-order valence-corrected chi connectivity index (χ2v) is 19.0. The first-order chi connectivity index (χ1) is 34.2. The minimum absolute atomic E-state index is 0.577. The van der Waals surface area contributed by atoms with Gasteiger partial charge in [-0.25, -0.2) is 4.98 Å². The monoisotopic (exact) mass is 895 g/mol. The van der Waals surface area contributed by atoms with Crippen molar-refractivity contribution in [3.8, 4) is 45.5 Å². The molecule has 0 saturated heterocycles. The maximum absolute atomic E-state index is 5.36. The summed E-state index contributed by atoms with van der Waals surface area (Å²) in [5.41, 5.74) is 9.70. The molecular weight excluding hydrogens is 859 g/mol. The van der Waals surface area contributed by atoms with E-state index >= 15 is 0 Å². The molecule has 0 fully saturated rings. The molecule has 15 rings (SSSR count). The van der Waals surface area contributed by atoms with Gasteiger partial charge in [0.05, 0.1) is 22.1 Å². The van der Waals surface area contributed by atoms with Crippen LogP contribution < -0.4 is 0 Å². The summed E-state index contributed by atoms with van der Waals surface area (Å²) in [7, 11) is 0. The fourth-order valence-corrected chi connectivity index (χ4v) is 12.2. The largest absolute Gasteiger partial charge is 0.309 e. The van der Waals surface area contributed by atoms with Crippen molar-refractivity contribution in [3.05, 3.63) is 224 Å². The number of fused-ring (bicyclic) bond motifs is 15. The molecule has 320 valence electrons. The topological polar surface area (TPSA) is 48.5 Å². The van der Waals surface area contributed by atoms with Crippen LogP contribution in [0.4, 0.5) is 0 Å². The quantitative estimate of drug-likeness (QED) is 0.162. The van der Waals surface area contributed by atoms with Crippen molar-refractivity contribution in [2.75, 3.05) is 0 Å². The van der Waals surface area contributed by atoms with Crippen LogP contribution >= 0.6 is 11.3 Å². The lowest BCUT2D eigenvalue weighted by atomic mass is 9.92. The maximum atomic E-state index is 5.36. The van der Waals surface area contributed by atoms with Gasteiger partial charge in [-0.3, -0.25) is 4.57 Å². The summed E-state index contributed by atoms with van der Waals surface area (Å²) in [6.45, 7) is 0. The van der Waals surface area contributed by atoms with Crippen LogP contribution in [0.5, 0.6) is 0 Å². The Balaban J connectivity index is 0.934. The molecule has 0 spiro atoms. The minimum Gasteiger partial charge on any atom is -0.309 e. The third-order valence-corrected chi connectivity index (χ3v) is 15.3. The standard InChI is InChI=1S/C63H37N5S/c1-2-15-38(16-3-1)61-64-62(41-30-32-51-50-25-10-13-28-59(50)69-60(51)35-41)66-63(65-61)68-56-27-12-9-24-49(56)54-36-57-53(37-58(54)68)48-23-8-11-26-55(48)67(57)42-18-14-17-39(33-42)40-29-31-47-45-21-5-4-19-43(45)44-20-6-7-22-46(44)52(47)34-40/h1-37H. The zero-order valence-corrected chi connectivity index (χ0v) is 37.8. The minimum atomic E-state index is 0.577. The molecule has 0 N–H and O–H groups in total.